The monoisotopic (exact) mass is 1560 g/mol. The highest BCUT2D eigenvalue weighted by molar-refractivity contribution is 5.80. The SMILES string of the molecule is CCCCCCC(=O)CC(COCCC(=O)CCCOCCOCCOCCOC1OC(COC(C)=O)C(C)C(C)C1C)(COCCC(=O)CCCOCCOCCOCCOC1OC(COC(C)=O)C(C)C(C)C1C)COCCC(=O)CCCOCCOCCOCCOC1OC(COC(C)=O)C(C)C(C)C1C. The summed E-state index contributed by atoms with van der Waals surface area (Å²) in [6.45, 7) is 34.3. The largest absolute Gasteiger partial charge is 0.463 e. The van der Waals surface area contributed by atoms with Crippen LogP contribution in [-0.2, 0) is 133 Å². The summed E-state index contributed by atoms with van der Waals surface area (Å²) >= 11 is 0. The van der Waals surface area contributed by atoms with Crippen molar-refractivity contribution in [1.29, 1.82) is 0 Å². The highest BCUT2D eigenvalue weighted by Crippen LogP contribution is 2.38. The molecule has 0 aromatic carbocycles. The van der Waals surface area contributed by atoms with Crippen LogP contribution in [0.3, 0.4) is 0 Å². The third-order valence-electron chi connectivity index (χ3n) is 21.0. The third-order valence-corrected chi connectivity index (χ3v) is 21.0. The Labute approximate surface area is 651 Å². The summed E-state index contributed by atoms with van der Waals surface area (Å²) in [6, 6.07) is 0. The van der Waals surface area contributed by atoms with Crippen LogP contribution in [0.5, 0.6) is 0 Å². The molecule has 3 rings (SSSR count). The van der Waals surface area contributed by atoms with Gasteiger partial charge in [0.2, 0.25) is 0 Å². The van der Waals surface area contributed by atoms with Crippen LogP contribution < -0.4 is 0 Å². The summed E-state index contributed by atoms with van der Waals surface area (Å²) in [7, 11) is 0. The fraction of sp³-hybridized carbons (Fsp3) is 0.914. The molecule has 3 aliphatic heterocycles. The Morgan fingerprint density at radius 2 is 0.523 bits per heavy atom. The van der Waals surface area contributed by atoms with E-state index in [0.717, 1.165) is 25.7 Å². The van der Waals surface area contributed by atoms with Gasteiger partial charge in [-0.15, -0.1) is 0 Å². The Morgan fingerprint density at radius 3 is 0.789 bits per heavy atom. The molecular weight excluding hydrogens is 1420 g/mol. The van der Waals surface area contributed by atoms with E-state index in [-0.39, 0.29) is 180 Å². The van der Waals surface area contributed by atoms with E-state index in [2.05, 4.69) is 69.2 Å². The number of ether oxygens (including phenoxy) is 21. The van der Waals surface area contributed by atoms with Crippen molar-refractivity contribution < 1.29 is 133 Å². The maximum atomic E-state index is 13.8. The van der Waals surface area contributed by atoms with Crippen LogP contribution in [0.25, 0.3) is 0 Å². The fourth-order valence-electron chi connectivity index (χ4n) is 12.9. The Kier molecular flexibility index (Phi) is 56.4. The topological polar surface area (TPSA) is 313 Å². The Balaban J connectivity index is 1.39. The maximum absolute atomic E-state index is 13.8. The van der Waals surface area contributed by atoms with E-state index >= 15 is 0 Å². The van der Waals surface area contributed by atoms with Crippen molar-refractivity contribution in [2.24, 2.45) is 58.7 Å². The van der Waals surface area contributed by atoms with Gasteiger partial charge in [-0.25, -0.2) is 0 Å². The number of unbranched alkanes of at least 4 members (excludes halogenated alkanes) is 3. The summed E-state index contributed by atoms with van der Waals surface area (Å²) in [6.07, 6.45) is 5.20. The van der Waals surface area contributed by atoms with E-state index in [1.165, 1.54) is 20.8 Å². The summed E-state index contributed by atoms with van der Waals surface area (Å²) in [5.74, 6) is 1.17. The predicted molar refractivity (Wildman–Crippen MR) is 403 cm³/mol. The zero-order chi connectivity index (χ0) is 79.9. The van der Waals surface area contributed by atoms with Crippen molar-refractivity contribution in [2.75, 3.05) is 198 Å². The minimum atomic E-state index is -0.957. The van der Waals surface area contributed by atoms with E-state index in [1.54, 1.807) is 0 Å². The molecule has 3 aliphatic rings. The molecule has 0 aromatic rings. The second-order valence-electron chi connectivity index (χ2n) is 29.8. The third kappa shape index (κ3) is 45.9. The van der Waals surface area contributed by atoms with Gasteiger partial charge in [0, 0.05) is 115 Å². The summed E-state index contributed by atoms with van der Waals surface area (Å²) in [4.78, 5) is 87.2. The Hall–Kier alpha value is -3.63. The van der Waals surface area contributed by atoms with Gasteiger partial charge in [-0.3, -0.25) is 33.6 Å². The second kappa shape index (κ2) is 61.8. The number of rotatable bonds is 70. The van der Waals surface area contributed by atoms with Crippen LogP contribution in [-0.4, -0.2) is 276 Å². The van der Waals surface area contributed by atoms with Crippen molar-refractivity contribution in [2.45, 2.75) is 224 Å². The molecule has 28 heteroatoms. The van der Waals surface area contributed by atoms with E-state index in [0.29, 0.717) is 201 Å². The lowest BCUT2D eigenvalue weighted by molar-refractivity contribution is -0.258. The van der Waals surface area contributed by atoms with Crippen molar-refractivity contribution in [3.05, 3.63) is 0 Å². The Bertz CT molecular complexity index is 2150. The Morgan fingerprint density at radius 1 is 0.266 bits per heavy atom. The molecular formula is C81H144O28. The van der Waals surface area contributed by atoms with Gasteiger partial charge >= 0.3 is 17.9 Å². The fourth-order valence-corrected chi connectivity index (χ4v) is 12.9. The molecule has 0 saturated carbocycles. The van der Waals surface area contributed by atoms with Gasteiger partial charge in [0.25, 0.3) is 0 Å². The molecule has 28 nitrogen and oxygen atoms in total. The van der Waals surface area contributed by atoms with Crippen molar-refractivity contribution in [3.8, 4) is 0 Å². The highest BCUT2D eigenvalue weighted by atomic mass is 16.7. The number of ketones is 4. The number of carbonyl (C=O) groups excluding carboxylic acids is 7. The van der Waals surface area contributed by atoms with Crippen LogP contribution in [0.1, 0.15) is 186 Å². The smallest absolute Gasteiger partial charge is 0.302 e. The first-order valence-corrected chi connectivity index (χ1v) is 40.7. The minimum absolute atomic E-state index is 0.00987. The van der Waals surface area contributed by atoms with Crippen LogP contribution in [0.2, 0.25) is 0 Å². The minimum Gasteiger partial charge on any atom is -0.463 e. The van der Waals surface area contributed by atoms with Crippen LogP contribution in [0.15, 0.2) is 0 Å². The van der Waals surface area contributed by atoms with Crippen LogP contribution in [0, 0.1) is 58.7 Å². The maximum Gasteiger partial charge on any atom is 0.302 e. The lowest BCUT2D eigenvalue weighted by Crippen LogP contribution is -2.48. The van der Waals surface area contributed by atoms with Crippen molar-refractivity contribution in [1.82, 2.24) is 0 Å². The molecule has 0 spiro atoms. The van der Waals surface area contributed by atoms with Gasteiger partial charge in [0.15, 0.2) is 18.9 Å². The van der Waals surface area contributed by atoms with E-state index in [9.17, 15) is 33.6 Å². The van der Waals surface area contributed by atoms with Gasteiger partial charge in [-0.2, -0.15) is 0 Å². The first kappa shape index (κ1) is 99.6. The molecule has 3 saturated heterocycles. The standard InChI is InChI=1S/C81H144O28/c1-14-15-16-17-21-74(88)52-81(56-98-31-25-71(85)22-18-28-89-34-37-92-40-43-95-46-49-101-78-65(8)59(2)62(5)75(107-78)53-104-68(11)82,57-99-32-26-72(86)23-19-29-90-35-38-93-41-44-96-47-50-102-79-66(9)60(3)63(6)76(108-79)54-105-69(12)83)58-100-33-27-73(87)24-20-30-91-36-39-94-42-45-97-48-51-103-80-67(10)61(4)64(7)77(109-80)55-106-70(13)84/h59-67,75-80H,14-58H2,1-13H3. The molecule has 0 radical (unpaired) electrons. The second-order valence-corrected chi connectivity index (χ2v) is 29.8. The average molecular weight is 1570 g/mol. The van der Waals surface area contributed by atoms with E-state index in [4.69, 9.17) is 99.5 Å². The zero-order valence-electron chi connectivity index (χ0n) is 68.9. The lowest BCUT2D eigenvalue weighted by Gasteiger charge is -2.43. The molecule has 0 amide bonds. The first-order valence-electron chi connectivity index (χ1n) is 40.7. The number of hydrogen-bond acceptors (Lipinski definition) is 28. The summed E-state index contributed by atoms with van der Waals surface area (Å²) in [5, 5.41) is 0. The van der Waals surface area contributed by atoms with Crippen molar-refractivity contribution >= 4 is 41.0 Å². The van der Waals surface area contributed by atoms with Crippen LogP contribution >= 0.6 is 0 Å². The van der Waals surface area contributed by atoms with E-state index in [1.807, 2.05) is 0 Å². The molecule has 0 N–H and O–H groups in total. The number of carbonyl (C=O) groups is 7. The van der Waals surface area contributed by atoms with Gasteiger partial charge in [-0.05, 0) is 61.2 Å². The average Bonchev–Trinajstić information content (AvgIpc) is 0.827. The molecule has 15 unspecified atom stereocenters. The van der Waals surface area contributed by atoms with Gasteiger partial charge in [-0.1, -0.05) is 88.5 Å². The van der Waals surface area contributed by atoms with Crippen molar-refractivity contribution in [3.63, 3.8) is 0 Å². The molecule has 0 aromatic heterocycles. The molecule has 109 heavy (non-hydrogen) atoms. The summed E-state index contributed by atoms with van der Waals surface area (Å²) in [5.41, 5.74) is -0.957. The van der Waals surface area contributed by atoms with E-state index < -0.39 is 24.3 Å². The zero-order valence-corrected chi connectivity index (χ0v) is 68.9. The quantitative estimate of drug-likeness (QED) is 0.0310. The van der Waals surface area contributed by atoms with Gasteiger partial charge in [0.1, 0.15) is 43.0 Å². The van der Waals surface area contributed by atoms with Gasteiger partial charge in [0.05, 0.1) is 177 Å². The molecule has 0 bridgehead atoms. The van der Waals surface area contributed by atoms with Gasteiger partial charge < -0.3 is 99.5 Å². The number of esters is 3. The summed E-state index contributed by atoms with van der Waals surface area (Å²) < 4.78 is 122. The molecule has 3 heterocycles. The normalized spacial score (nSPS) is 24.9. The first-order chi connectivity index (χ1) is 52.5. The predicted octanol–water partition coefficient (Wildman–Crippen LogP) is 9.96. The molecule has 3 fully saturated rings. The van der Waals surface area contributed by atoms with Crippen LogP contribution in [0.4, 0.5) is 0 Å². The highest BCUT2D eigenvalue weighted by Gasteiger charge is 2.43. The molecule has 15 atom stereocenters. The molecule has 0 aliphatic carbocycles. The number of Topliss-reactive ketones (excluding diaryl/α,β-unsaturated/α-hetero) is 4. The molecule has 636 valence electrons. The number of hydrogen-bond donors (Lipinski definition) is 0. The lowest BCUT2D eigenvalue weighted by atomic mass is 9.79.